The third kappa shape index (κ3) is 2.92. The van der Waals surface area contributed by atoms with Crippen molar-refractivity contribution in [2.45, 2.75) is 45.3 Å². The Kier molecular flexibility index (Phi) is 3.10. The maximum Gasteiger partial charge on any atom is 0.222 e. The molecular weight excluding hydrogens is 202 g/mol. The Hall–Kier alpha value is -1.16. The van der Waals surface area contributed by atoms with E-state index in [-0.39, 0.29) is 5.60 Å². The van der Waals surface area contributed by atoms with E-state index in [2.05, 4.69) is 29.1 Å². The summed E-state index contributed by atoms with van der Waals surface area (Å²) in [5.41, 5.74) is 1.04. The van der Waals surface area contributed by atoms with Crippen molar-refractivity contribution in [2.75, 3.05) is 11.9 Å². The van der Waals surface area contributed by atoms with Crippen LogP contribution in [0.5, 0.6) is 0 Å². The van der Waals surface area contributed by atoms with Crippen molar-refractivity contribution in [2.24, 2.45) is 0 Å². The second kappa shape index (κ2) is 4.37. The molecule has 1 unspecified atom stereocenters. The molecule has 0 radical (unpaired) electrons. The van der Waals surface area contributed by atoms with Crippen LogP contribution in [0.25, 0.3) is 0 Å². The lowest BCUT2D eigenvalue weighted by atomic mass is 9.94. The second-order valence-electron chi connectivity index (χ2n) is 5.03. The van der Waals surface area contributed by atoms with E-state index in [1.807, 2.05) is 19.3 Å². The minimum atomic E-state index is -0.0411. The molecule has 1 aliphatic heterocycles. The topological polar surface area (TPSA) is 47.0 Å². The maximum atomic E-state index is 5.67. The summed E-state index contributed by atoms with van der Waals surface area (Å²) in [7, 11) is 0. The molecule has 88 valence electrons. The summed E-state index contributed by atoms with van der Waals surface area (Å²) in [5.74, 6) is 0.716. The van der Waals surface area contributed by atoms with Crippen molar-refractivity contribution in [3.05, 3.63) is 18.0 Å². The zero-order valence-electron chi connectivity index (χ0n) is 10.2. The zero-order chi connectivity index (χ0) is 11.6. The number of hydrogen-bond acceptors (Lipinski definition) is 4. The molecule has 1 atom stereocenters. The van der Waals surface area contributed by atoms with Crippen LogP contribution in [-0.2, 0) is 4.74 Å². The van der Waals surface area contributed by atoms with Gasteiger partial charge in [-0.3, -0.25) is 0 Å². The molecule has 1 fully saturated rings. The van der Waals surface area contributed by atoms with Gasteiger partial charge in [0.1, 0.15) is 0 Å². The molecule has 0 amide bonds. The van der Waals surface area contributed by atoms with Crippen LogP contribution in [-0.4, -0.2) is 28.2 Å². The van der Waals surface area contributed by atoms with E-state index in [0.29, 0.717) is 12.0 Å². The zero-order valence-corrected chi connectivity index (χ0v) is 10.2. The molecule has 2 heterocycles. The van der Waals surface area contributed by atoms with E-state index in [1.165, 1.54) is 0 Å². The molecule has 4 heteroatoms. The standard InChI is InChI=1S/C12H19N3O/c1-9-7-13-11(14-8-9)15-10-4-5-16-12(2,3)6-10/h7-8,10H,4-6H2,1-3H3,(H,13,14,15). The number of aromatic nitrogens is 2. The van der Waals surface area contributed by atoms with E-state index in [4.69, 9.17) is 4.74 Å². The van der Waals surface area contributed by atoms with E-state index < -0.39 is 0 Å². The van der Waals surface area contributed by atoms with Gasteiger partial charge in [0.15, 0.2) is 0 Å². The number of nitrogens with one attached hydrogen (secondary N) is 1. The number of rotatable bonds is 2. The molecule has 0 aromatic carbocycles. The molecule has 0 spiro atoms. The average molecular weight is 221 g/mol. The van der Waals surface area contributed by atoms with Gasteiger partial charge in [-0.15, -0.1) is 0 Å². The maximum absolute atomic E-state index is 5.67. The third-order valence-electron chi connectivity index (χ3n) is 2.81. The molecule has 4 nitrogen and oxygen atoms in total. The van der Waals surface area contributed by atoms with Gasteiger partial charge in [0, 0.05) is 25.0 Å². The van der Waals surface area contributed by atoms with Crippen molar-refractivity contribution in [1.29, 1.82) is 0 Å². The van der Waals surface area contributed by atoms with Crippen LogP contribution in [0.2, 0.25) is 0 Å². The Bertz CT molecular complexity index is 348. The largest absolute Gasteiger partial charge is 0.375 e. The average Bonchev–Trinajstić information content (AvgIpc) is 2.20. The van der Waals surface area contributed by atoms with Crippen molar-refractivity contribution in [3.63, 3.8) is 0 Å². The van der Waals surface area contributed by atoms with Gasteiger partial charge in [-0.1, -0.05) is 0 Å². The monoisotopic (exact) mass is 221 g/mol. The number of hydrogen-bond donors (Lipinski definition) is 1. The fraction of sp³-hybridized carbons (Fsp3) is 0.667. The van der Waals surface area contributed by atoms with Crippen LogP contribution in [0.4, 0.5) is 5.95 Å². The summed E-state index contributed by atoms with van der Waals surface area (Å²) >= 11 is 0. The van der Waals surface area contributed by atoms with Crippen LogP contribution in [0.3, 0.4) is 0 Å². The van der Waals surface area contributed by atoms with Crippen LogP contribution in [0, 0.1) is 6.92 Å². The lowest BCUT2D eigenvalue weighted by Gasteiger charge is -2.35. The summed E-state index contributed by atoms with van der Waals surface area (Å²) in [6.45, 7) is 7.03. The second-order valence-corrected chi connectivity index (χ2v) is 5.03. The lowest BCUT2D eigenvalue weighted by Crippen LogP contribution is -2.40. The molecule has 1 aliphatic rings. The highest BCUT2D eigenvalue weighted by molar-refractivity contribution is 5.26. The molecule has 0 bridgehead atoms. The Morgan fingerprint density at radius 2 is 2.06 bits per heavy atom. The Morgan fingerprint density at radius 1 is 1.38 bits per heavy atom. The number of nitrogens with zero attached hydrogens (tertiary/aromatic N) is 2. The van der Waals surface area contributed by atoms with Crippen LogP contribution in [0.1, 0.15) is 32.3 Å². The van der Waals surface area contributed by atoms with Gasteiger partial charge in [0.05, 0.1) is 5.60 Å². The normalized spacial score (nSPS) is 24.1. The quantitative estimate of drug-likeness (QED) is 0.831. The molecule has 0 aliphatic carbocycles. The van der Waals surface area contributed by atoms with Gasteiger partial charge < -0.3 is 10.1 Å². The third-order valence-corrected chi connectivity index (χ3v) is 2.81. The highest BCUT2D eigenvalue weighted by Crippen LogP contribution is 2.25. The summed E-state index contributed by atoms with van der Waals surface area (Å²) in [6, 6.07) is 0.409. The van der Waals surface area contributed by atoms with Crippen LogP contribution >= 0.6 is 0 Å². The van der Waals surface area contributed by atoms with Gasteiger partial charge in [-0.2, -0.15) is 0 Å². The highest BCUT2D eigenvalue weighted by atomic mass is 16.5. The molecule has 16 heavy (non-hydrogen) atoms. The Morgan fingerprint density at radius 3 is 2.69 bits per heavy atom. The van der Waals surface area contributed by atoms with Gasteiger partial charge in [-0.25, -0.2) is 9.97 Å². The fourth-order valence-corrected chi connectivity index (χ4v) is 2.00. The first-order chi connectivity index (χ1) is 7.55. The van der Waals surface area contributed by atoms with Crippen molar-refractivity contribution < 1.29 is 4.74 Å². The van der Waals surface area contributed by atoms with Crippen LogP contribution < -0.4 is 5.32 Å². The molecule has 1 aromatic heterocycles. The summed E-state index contributed by atoms with van der Waals surface area (Å²) in [6.07, 6.45) is 5.67. The van der Waals surface area contributed by atoms with Gasteiger partial charge in [0.2, 0.25) is 5.95 Å². The van der Waals surface area contributed by atoms with Crippen molar-refractivity contribution in [1.82, 2.24) is 9.97 Å². The SMILES string of the molecule is Cc1cnc(NC2CCOC(C)(C)C2)nc1. The van der Waals surface area contributed by atoms with Gasteiger partial charge >= 0.3 is 0 Å². The minimum absolute atomic E-state index is 0.0411. The van der Waals surface area contributed by atoms with Gasteiger partial charge in [0.25, 0.3) is 0 Å². The Labute approximate surface area is 96.4 Å². The number of aryl methyl sites for hydroxylation is 1. The van der Waals surface area contributed by atoms with Crippen molar-refractivity contribution >= 4 is 5.95 Å². The van der Waals surface area contributed by atoms with Crippen molar-refractivity contribution in [3.8, 4) is 0 Å². The van der Waals surface area contributed by atoms with E-state index >= 15 is 0 Å². The van der Waals surface area contributed by atoms with E-state index in [9.17, 15) is 0 Å². The molecule has 0 saturated carbocycles. The molecule has 1 aromatic rings. The van der Waals surface area contributed by atoms with E-state index in [0.717, 1.165) is 25.0 Å². The summed E-state index contributed by atoms with van der Waals surface area (Å²) in [4.78, 5) is 8.51. The molecule has 2 rings (SSSR count). The first-order valence-electron chi connectivity index (χ1n) is 5.74. The summed E-state index contributed by atoms with van der Waals surface area (Å²) < 4.78 is 5.67. The summed E-state index contributed by atoms with van der Waals surface area (Å²) in [5, 5.41) is 3.36. The Balaban J connectivity index is 1.97. The minimum Gasteiger partial charge on any atom is -0.375 e. The lowest BCUT2D eigenvalue weighted by molar-refractivity contribution is -0.0553. The number of anilines is 1. The predicted molar refractivity (Wildman–Crippen MR) is 63.4 cm³/mol. The number of ether oxygens (including phenoxy) is 1. The molecular formula is C12H19N3O. The molecule has 1 saturated heterocycles. The van der Waals surface area contributed by atoms with Crippen LogP contribution in [0.15, 0.2) is 12.4 Å². The van der Waals surface area contributed by atoms with Gasteiger partial charge in [-0.05, 0) is 39.2 Å². The highest BCUT2D eigenvalue weighted by Gasteiger charge is 2.28. The first kappa shape index (κ1) is 11.3. The smallest absolute Gasteiger partial charge is 0.222 e. The predicted octanol–water partition coefficient (Wildman–Crippen LogP) is 2.15. The van der Waals surface area contributed by atoms with E-state index in [1.54, 1.807) is 0 Å². The first-order valence-corrected chi connectivity index (χ1v) is 5.74. The molecule has 1 N–H and O–H groups in total. The fourth-order valence-electron chi connectivity index (χ4n) is 2.00.